The molecule has 0 aromatic heterocycles. The number of piperazine rings is 1. The predicted molar refractivity (Wildman–Crippen MR) is 78.6 cm³/mol. The van der Waals surface area contributed by atoms with Crippen molar-refractivity contribution in [3.63, 3.8) is 0 Å². The summed E-state index contributed by atoms with van der Waals surface area (Å²) in [6.45, 7) is 1.17. The third kappa shape index (κ3) is 3.61. The Morgan fingerprint density at radius 2 is 2.10 bits per heavy atom. The molecule has 1 N–H and O–H groups in total. The number of hydrogen-bond donors (Lipinski definition) is 1. The zero-order valence-corrected chi connectivity index (χ0v) is 12.0. The minimum atomic E-state index is -0.176. The molecule has 1 aliphatic rings. The minimum absolute atomic E-state index is 0.00389. The van der Waals surface area contributed by atoms with Crippen molar-refractivity contribution < 1.29 is 14.7 Å². The molecule has 110 valence electrons. The summed E-state index contributed by atoms with van der Waals surface area (Å²) in [6.07, 6.45) is 0.371. The molecule has 1 fully saturated rings. The van der Waals surface area contributed by atoms with E-state index in [-0.39, 0.29) is 25.0 Å². The van der Waals surface area contributed by atoms with Crippen LogP contribution in [0.3, 0.4) is 0 Å². The molecular formula is C16H18N2O3. The Balaban J connectivity index is 2.20. The van der Waals surface area contributed by atoms with Crippen molar-refractivity contribution in [1.29, 1.82) is 0 Å². The van der Waals surface area contributed by atoms with E-state index in [0.717, 1.165) is 0 Å². The number of rotatable bonds is 2. The lowest BCUT2D eigenvalue weighted by Crippen LogP contribution is -2.50. The molecule has 1 saturated heterocycles. The lowest BCUT2D eigenvalue weighted by molar-refractivity contribution is -0.133. The molecule has 0 unspecified atom stereocenters. The molecule has 5 heteroatoms. The average molecular weight is 286 g/mol. The highest BCUT2D eigenvalue weighted by Gasteiger charge is 2.26. The second-order valence-corrected chi connectivity index (χ2v) is 4.86. The number of benzene rings is 1. The molecule has 0 radical (unpaired) electrons. The summed E-state index contributed by atoms with van der Waals surface area (Å²) >= 11 is 0. The van der Waals surface area contributed by atoms with Crippen molar-refractivity contribution in [3.8, 4) is 11.8 Å². The maximum atomic E-state index is 12.5. The van der Waals surface area contributed by atoms with Crippen molar-refractivity contribution in [2.24, 2.45) is 0 Å². The van der Waals surface area contributed by atoms with E-state index >= 15 is 0 Å². The molecule has 1 aromatic carbocycles. The van der Waals surface area contributed by atoms with Crippen molar-refractivity contribution in [1.82, 2.24) is 9.80 Å². The maximum Gasteiger partial charge on any atom is 0.255 e. The number of aliphatic hydroxyl groups is 1. The van der Waals surface area contributed by atoms with Gasteiger partial charge in [-0.15, -0.1) is 0 Å². The number of nitrogens with zero attached hydrogens (tertiary/aromatic N) is 2. The van der Waals surface area contributed by atoms with Crippen molar-refractivity contribution in [2.75, 3.05) is 33.3 Å². The van der Waals surface area contributed by atoms with Crippen LogP contribution >= 0.6 is 0 Å². The quantitative estimate of drug-likeness (QED) is 0.797. The van der Waals surface area contributed by atoms with Crippen LogP contribution in [0.25, 0.3) is 0 Å². The topological polar surface area (TPSA) is 60.9 Å². The van der Waals surface area contributed by atoms with Gasteiger partial charge in [-0.05, 0) is 12.1 Å². The van der Waals surface area contributed by atoms with Gasteiger partial charge in [0.1, 0.15) is 6.54 Å². The van der Waals surface area contributed by atoms with E-state index in [1.54, 1.807) is 35.0 Å². The Bertz CT molecular complexity index is 601. The van der Waals surface area contributed by atoms with E-state index in [1.165, 1.54) is 0 Å². The molecule has 5 nitrogen and oxygen atoms in total. The Morgan fingerprint density at radius 3 is 2.81 bits per heavy atom. The largest absolute Gasteiger partial charge is 0.395 e. The first-order chi connectivity index (χ1) is 10.1. The van der Waals surface area contributed by atoms with Gasteiger partial charge in [0.25, 0.3) is 5.91 Å². The standard InChI is InChI=1S/C16H18N2O3/c1-17-9-10-18(12-15(17)20)16(21)14-8-3-2-6-13(14)7-4-5-11-19/h2-3,6,8,19H,5,9-12H2,1H3. The van der Waals surface area contributed by atoms with Gasteiger partial charge >= 0.3 is 0 Å². The molecule has 21 heavy (non-hydrogen) atoms. The number of likely N-dealkylation sites (N-methyl/N-ethyl adjacent to an activating group) is 1. The number of carbonyl (C=O) groups is 2. The predicted octanol–water partition coefficient (Wildman–Crippen LogP) is 0.335. The first-order valence-corrected chi connectivity index (χ1v) is 6.85. The highest BCUT2D eigenvalue weighted by Crippen LogP contribution is 2.13. The Kier molecular flexibility index (Phi) is 4.96. The smallest absolute Gasteiger partial charge is 0.255 e. The molecule has 0 bridgehead atoms. The summed E-state index contributed by atoms with van der Waals surface area (Å²) in [5.74, 6) is 5.49. The van der Waals surface area contributed by atoms with E-state index in [2.05, 4.69) is 11.8 Å². The van der Waals surface area contributed by atoms with Gasteiger partial charge in [-0.3, -0.25) is 9.59 Å². The third-order valence-corrected chi connectivity index (χ3v) is 3.36. The lowest BCUT2D eigenvalue weighted by atomic mass is 10.1. The average Bonchev–Trinajstić information content (AvgIpc) is 2.50. The van der Waals surface area contributed by atoms with E-state index in [4.69, 9.17) is 5.11 Å². The lowest BCUT2D eigenvalue weighted by Gasteiger charge is -2.32. The number of hydrogen-bond acceptors (Lipinski definition) is 3. The van der Waals surface area contributed by atoms with Crippen LogP contribution < -0.4 is 0 Å². The summed E-state index contributed by atoms with van der Waals surface area (Å²) in [7, 11) is 1.73. The zero-order valence-electron chi connectivity index (χ0n) is 12.0. The normalized spacial score (nSPS) is 14.7. The fraction of sp³-hybridized carbons (Fsp3) is 0.375. The van der Waals surface area contributed by atoms with Gasteiger partial charge in [-0.25, -0.2) is 0 Å². The number of amides is 2. The Hall–Kier alpha value is -2.32. The van der Waals surface area contributed by atoms with Gasteiger partial charge in [0.05, 0.1) is 12.2 Å². The Morgan fingerprint density at radius 1 is 1.33 bits per heavy atom. The molecule has 2 amide bonds. The van der Waals surface area contributed by atoms with E-state index in [0.29, 0.717) is 30.6 Å². The molecule has 0 aliphatic carbocycles. The van der Waals surface area contributed by atoms with Crippen molar-refractivity contribution in [2.45, 2.75) is 6.42 Å². The summed E-state index contributed by atoms with van der Waals surface area (Å²) in [6, 6.07) is 7.08. The first kappa shape index (κ1) is 15.1. The minimum Gasteiger partial charge on any atom is -0.395 e. The van der Waals surface area contributed by atoms with Crippen LogP contribution in [-0.2, 0) is 4.79 Å². The molecule has 0 atom stereocenters. The summed E-state index contributed by atoms with van der Waals surface area (Å²) in [5, 5.41) is 8.76. The van der Waals surface area contributed by atoms with Crippen LogP contribution in [0.15, 0.2) is 24.3 Å². The van der Waals surface area contributed by atoms with Gasteiger partial charge in [0.2, 0.25) is 5.91 Å². The monoisotopic (exact) mass is 286 g/mol. The number of aliphatic hydroxyl groups excluding tert-OH is 1. The summed E-state index contributed by atoms with van der Waals surface area (Å²) in [4.78, 5) is 27.4. The van der Waals surface area contributed by atoms with Crippen molar-refractivity contribution >= 4 is 11.8 Å². The van der Waals surface area contributed by atoms with Crippen LogP contribution in [0.1, 0.15) is 22.3 Å². The second-order valence-electron chi connectivity index (χ2n) is 4.86. The van der Waals surface area contributed by atoms with Gasteiger partial charge in [0.15, 0.2) is 0 Å². The Labute approximate surface area is 124 Å². The van der Waals surface area contributed by atoms with Crippen LogP contribution in [0.2, 0.25) is 0 Å². The van der Waals surface area contributed by atoms with E-state index in [1.807, 2.05) is 6.07 Å². The second kappa shape index (κ2) is 6.91. The zero-order chi connectivity index (χ0) is 15.2. The SMILES string of the molecule is CN1CCN(C(=O)c2ccccc2C#CCCO)CC1=O. The highest BCUT2D eigenvalue weighted by molar-refractivity contribution is 5.99. The van der Waals surface area contributed by atoms with Gasteiger partial charge < -0.3 is 14.9 Å². The van der Waals surface area contributed by atoms with Crippen LogP contribution in [0.5, 0.6) is 0 Å². The van der Waals surface area contributed by atoms with Crippen LogP contribution in [0.4, 0.5) is 0 Å². The molecule has 0 saturated carbocycles. The fourth-order valence-electron chi connectivity index (χ4n) is 2.09. The van der Waals surface area contributed by atoms with Crippen molar-refractivity contribution in [3.05, 3.63) is 35.4 Å². The molecule has 1 aromatic rings. The van der Waals surface area contributed by atoms with Crippen LogP contribution in [-0.4, -0.2) is 60.0 Å². The maximum absolute atomic E-state index is 12.5. The van der Waals surface area contributed by atoms with Gasteiger partial charge in [0, 0.05) is 32.1 Å². The number of carbonyl (C=O) groups excluding carboxylic acids is 2. The van der Waals surface area contributed by atoms with E-state index < -0.39 is 0 Å². The summed E-state index contributed by atoms with van der Waals surface area (Å²) < 4.78 is 0. The molecule has 2 rings (SSSR count). The summed E-state index contributed by atoms with van der Waals surface area (Å²) in [5.41, 5.74) is 1.13. The molecule has 1 heterocycles. The molecular weight excluding hydrogens is 268 g/mol. The molecule has 1 aliphatic heterocycles. The fourth-order valence-corrected chi connectivity index (χ4v) is 2.09. The van der Waals surface area contributed by atoms with Gasteiger partial charge in [-0.2, -0.15) is 0 Å². The third-order valence-electron chi connectivity index (χ3n) is 3.36. The highest BCUT2D eigenvalue weighted by atomic mass is 16.2. The van der Waals surface area contributed by atoms with E-state index in [9.17, 15) is 9.59 Å². The first-order valence-electron chi connectivity index (χ1n) is 6.85. The van der Waals surface area contributed by atoms with Crippen LogP contribution in [0, 0.1) is 11.8 Å². The van der Waals surface area contributed by atoms with Gasteiger partial charge in [-0.1, -0.05) is 24.0 Å². The molecule has 0 spiro atoms.